The number of carbonyl (C=O) groups is 1. The zero-order valence-electron chi connectivity index (χ0n) is 10.6. The van der Waals surface area contributed by atoms with Crippen LogP contribution in [-0.4, -0.2) is 17.7 Å². The van der Waals surface area contributed by atoms with E-state index in [2.05, 4.69) is 0 Å². The number of hydrogen-bond acceptors (Lipinski definition) is 4. The number of fused-ring (bicyclic) bond motifs is 2. The number of carboxylic acid groups (broad SMARTS) is 1. The molecule has 5 nitrogen and oxygen atoms in total. The largest absolute Gasteiger partial charge is 0.482 e. The van der Waals surface area contributed by atoms with Crippen molar-refractivity contribution in [1.82, 2.24) is 0 Å². The molecule has 0 saturated carbocycles. The molecule has 0 spiro atoms. The predicted molar refractivity (Wildman–Crippen MR) is 78.1 cm³/mol. The molecule has 0 fully saturated rings. The summed E-state index contributed by atoms with van der Waals surface area (Å²) >= 11 is 6.10. The maximum Gasteiger partial charge on any atom is 0.341 e. The number of ether oxygens (including phenoxy) is 1. The molecule has 1 N–H and O–H groups in total. The van der Waals surface area contributed by atoms with Crippen LogP contribution in [0.15, 0.2) is 45.6 Å². The van der Waals surface area contributed by atoms with Gasteiger partial charge in [-0.2, -0.15) is 0 Å². The van der Waals surface area contributed by atoms with Gasteiger partial charge in [-0.1, -0.05) is 23.7 Å². The summed E-state index contributed by atoms with van der Waals surface area (Å²) in [5, 5.41) is 9.46. The number of carboxylic acids is 1. The quantitative estimate of drug-likeness (QED) is 0.752. The molecule has 0 bridgehead atoms. The van der Waals surface area contributed by atoms with Gasteiger partial charge in [-0.3, -0.25) is 4.79 Å². The van der Waals surface area contributed by atoms with Crippen molar-refractivity contribution in [3.05, 3.63) is 51.6 Å². The molecule has 0 saturated heterocycles. The van der Waals surface area contributed by atoms with Crippen LogP contribution in [0.3, 0.4) is 0 Å². The summed E-state index contributed by atoms with van der Waals surface area (Å²) in [7, 11) is 0. The molecular formula is C15H9ClO5. The zero-order valence-corrected chi connectivity index (χ0v) is 11.4. The minimum Gasteiger partial charge on any atom is -0.482 e. The van der Waals surface area contributed by atoms with Gasteiger partial charge in [0.1, 0.15) is 16.9 Å². The summed E-state index contributed by atoms with van der Waals surface area (Å²) in [5.41, 5.74) is 0.453. The highest BCUT2D eigenvalue weighted by molar-refractivity contribution is 6.35. The topological polar surface area (TPSA) is 76.7 Å². The second-order valence-corrected chi connectivity index (χ2v) is 4.80. The van der Waals surface area contributed by atoms with Crippen molar-refractivity contribution in [2.75, 3.05) is 6.61 Å². The molecule has 1 heterocycles. The molecule has 0 radical (unpaired) electrons. The molecular weight excluding hydrogens is 296 g/mol. The van der Waals surface area contributed by atoms with Gasteiger partial charge in [0, 0.05) is 6.07 Å². The van der Waals surface area contributed by atoms with Crippen LogP contribution in [0.1, 0.15) is 0 Å². The molecule has 0 amide bonds. The lowest BCUT2D eigenvalue weighted by atomic mass is 10.1. The molecule has 0 aliphatic heterocycles. The summed E-state index contributed by atoms with van der Waals surface area (Å²) < 4.78 is 10.7. The Labute approximate surface area is 123 Å². The number of para-hydroxylation sites is 1. The van der Waals surface area contributed by atoms with Crippen molar-refractivity contribution < 1.29 is 19.1 Å². The summed E-state index contributed by atoms with van der Waals surface area (Å²) in [5.74, 6) is -0.875. The summed E-state index contributed by atoms with van der Waals surface area (Å²) in [4.78, 5) is 22.9. The van der Waals surface area contributed by atoms with E-state index in [1.165, 1.54) is 12.1 Å². The Morgan fingerprint density at radius 3 is 2.76 bits per heavy atom. The van der Waals surface area contributed by atoms with Crippen molar-refractivity contribution in [2.45, 2.75) is 0 Å². The highest BCUT2D eigenvalue weighted by Gasteiger charge is 2.13. The monoisotopic (exact) mass is 304 g/mol. The lowest BCUT2D eigenvalue weighted by Crippen LogP contribution is -2.10. The number of rotatable bonds is 3. The first kappa shape index (κ1) is 13.5. The number of hydrogen-bond donors (Lipinski definition) is 1. The Hall–Kier alpha value is -2.53. The first-order chi connectivity index (χ1) is 10.1. The van der Waals surface area contributed by atoms with Gasteiger partial charge in [0.25, 0.3) is 0 Å². The minimum atomic E-state index is -1.11. The van der Waals surface area contributed by atoms with Crippen molar-refractivity contribution in [3.8, 4) is 5.75 Å². The Morgan fingerprint density at radius 1 is 1.24 bits per heavy atom. The van der Waals surface area contributed by atoms with Crippen LogP contribution < -0.4 is 10.2 Å². The van der Waals surface area contributed by atoms with E-state index in [1.54, 1.807) is 24.3 Å². The predicted octanol–water partition coefficient (Wildman–Crippen LogP) is 3.06. The van der Waals surface area contributed by atoms with Gasteiger partial charge in [-0.15, -0.1) is 0 Å². The molecule has 6 heteroatoms. The van der Waals surface area contributed by atoms with E-state index in [1.807, 2.05) is 0 Å². The van der Waals surface area contributed by atoms with E-state index >= 15 is 0 Å². The average molecular weight is 305 g/mol. The van der Waals surface area contributed by atoms with Crippen molar-refractivity contribution in [2.24, 2.45) is 0 Å². The molecule has 3 rings (SSSR count). The van der Waals surface area contributed by atoms with E-state index in [0.29, 0.717) is 11.0 Å². The first-order valence-corrected chi connectivity index (χ1v) is 6.44. The van der Waals surface area contributed by atoms with E-state index in [0.717, 1.165) is 0 Å². The first-order valence-electron chi connectivity index (χ1n) is 6.06. The molecule has 0 aliphatic rings. The fraction of sp³-hybridized carbons (Fsp3) is 0.0667. The van der Waals surface area contributed by atoms with E-state index in [9.17, 15) is 9.59 Å². The molecule has 1 aromatic heterocycles. The summed E-state index contributed by atoms with van der Waals surface area (Å²) in [6, 6.07) is 9.68. The van der Waals surface area contributed by atoms with Gasteiger partial charge in [-0.25, -0.2) is 4.79 Å². The van der Waals surface area contributed by atoms with Gasteiger partial charge >= 0.3 is 5.97 Å². The molecule has 2 aromatic carbocycles. The molecule has 3 aromatic rings. The van der Waals surface area contributed by atoms with Crippen LogP contribution in [0, 0.1) is 0 Å². The highest BCUT2D eigenvalue weighted by Crippen LogP contribution is 2.29. The summed E-state index contributed by atoms with van der Waals surface area (Å²) in [6.45, 7) is -0.500. The third kappa shape index (κ3) is 2.43. The van der Waals surface area contributed by atoms with Crippen LogP contribution in [0.5, 0.6) is 5.75 Å². The van der Waals surface area contributed by atoms with Crippen LogP contribution in [-0.2, 0) is 4.79 Å². The minimum absolute atomic E-state index is 0.160. The van der Waals surface area contributed by atoms with Crippen LogP contribution in [0.25, 0.3) is 21.9 Å². The normalized spacial score (nSPS) is 10.9. The fourth-order valence-corrected chi connectivity index (χ4v) is 2.37. The van der Waals surface area contributed by atoms with Gasteiger partial charge in [0.2, 0.25) is 5.43 Å². The standard InChI is InChI=1S/C15H9ClO5/c16-10-5-8(20-7-13(17)18)6-12-14(10)15(19)9-3-1-2-4-11(9)21-12/h1-6H,7H2,(H,17,18). The van der Waals surface area contributed by atoms with Crippen LogP contribution in [0.2, 0.25) is 5.02 Å². The second kappa shape index (κ2) is 5.10. The van der Waals surface area contributed by atoms with E-state index in [4.69, 9.17) is 25.9 Å². The summed E-state index contributed by atoms with van der Waals surface area (Å²) in [6.07, 6.45) is 0. The van der Waals surface area contributed by atoms with Crippen LogP contribution >= 0.6 is 11.6 Å². The molecule has 0 unspecified atom stereocenters. The van der Waals surface area contributed by atoms with Crippen LogP contribution in [0.4, 0.5) is 0 Å². The van der Waals surface area contributed by atoms with Gasteiger partial charge in [0.05, 0.1) is 15.8 Å². The smallest absolute Gasteiger partial charge is 0.341 e. The van der Waals surface area contributed by atoms with Crippen molar-refractivity contribution in [1.29, 1.82) is 0 Å². The third-order valence-electron chi connectivity index (χ3n) is 2.97. The van der Waals surface area contributed by atoms with Crippen molar-refractivity contribution in [3.63, 3.8) is 0 Å². The molecule has 0 aliphatic carbocycles. The maximum atomic E-state index is 12.4. The zero-order chi connectivity index (χ0) is 15.0. The Balaban J connectivity index is 2.25. The van der Waals surface area contributed by atoms with Gasteiger partial charge in [-0.05, 0) is 18.2 Å². The van der Waals surface area contributed by atoms with E-state index < -0.39 is 12.6 Å². The molecule has 106 valence electrons. The van der Waals surface area contributed by atoms with E-state index in [-0.39, 0.29) is 27.2 Å². The molecule has 0 atom stereocenters. The SMILES string of the molecule is O=C(O)COc1cc(Cl)c2c(=O)c3ccccc3oc2c1. The number of benzene rings is 2. The highest BCUT2D eigenvalue weighted by atomic mass is 35.5. The lowest BCUT2D eigenvalue weighted by Gasteiger charge is -2.07. The molecule has 21 heavy (non-hydrogen) atoms. The Bertz CT molecular complexity index is 913. The maximum absolute atomic E-state index is 12.4. The van der Waals surface area contributed by atoms with Crippen molar-refractivity contribution >= 4 is 39.5 Å². The Morgan fingerprint density at radius 2 is 2.00 bits per heavy atom. The lowest BCUT2D eigenvalue weighted by molar-refractivity contribution is -0.139. The average Bonchev–Trinajstić information content (AvgIpc) is 2.45. The second-order valence-electron chi connectivity index (χ2n) is 4.39. The third-order valence-corrected chi connectivity index (χ3v) is 3.27. The number of aliphatic carboxylic acids is 1. The Kier molecular flexibility index (Phi) is 3.27. The van der Waals surface area contributed by atoms with Gasteiger partial charge in [0.15, 0.2) is 6.61 Å². The van der Waals surface area contributed by atoms with Gasteiger partial charge < -0.3 is 14.3 Å². The fourth-order valence-electron chi connectivity index (χ4n) is 2.08. The number of halogens is 1.